The van der Waals surface area contributed by atoms with E-state index < -0.39 is 6.04 Å². The first-order valence-electron chi connectivity index (χ1n) is 9.50. The number of nitrogens with zero attached hydrogens (tertiary/aromatic N) is 1. The molecule has 1 aromatic carbocycles. The topological polar surface area (TPSA) is 67.6 Å². The van der Waals surface area contributed by atoms with Gasteiger partial charge in [-0.3, -0.25) is 9.69 Å². The van der Waals surface area contributed by atoms with Crippen molar-refractivity contribution in [2.75, 3.05) is 13.7 Å². The molecule has 1 amide bonds. The number of nitrogens with one attached hydrogen (secondary N) is 1. The van der Waals surface area contributed by atoms with E-state index >= 15 is 0 Å². The maximum Gasteiger partial charge on any atom is 0.237 e. The molecule has 1 aliphatic heterocycles. The summed E-state index contributed by atoms with van der Waals surface area (Å²) in [6, 6.07) is 8.76. The van der Waals surface area contributed by atoms with Gasteiger partial charge in [-0.1, -0.05) is 32.4 Å². The van der Waals surface area contributed by atoms with E-state index in [9.17, 15) is 4.79 Å². The molecule has 138 valence electrons. The molecular weight excluding hydrogens is 314 g/mol. The summed E-state index contributed by atoms with van der Waals surface area (Å²) in [6.45, 7) is 5.13. The van der Waals surface area contributed by atoms with Crippen LogP contribution in [0.4, 0.5) is 0 Å². The van der Waals surface area contributed by atoms with E-state index in [1.807, 2.05) is 19.1 Å². The summed E-state index contributed by atoms with van der Waals surface area (Å²) in [5.41, 5.74) is 7.35. The monoisotopic (exact) mass is 345 g/mol. The SMILES string of the molecule is CCC(C)C(N)C(=O)NC1CCN(C2CC2)C1c1cccc(OC)c1. The number of likely N-dealkylation sites (tertiary alicyclic amines) is 1. The summed E-state index contributed by atoms with van der Waals surface area (Å²) in [5, 5.41) is 3.25. The summed E-state index contributed by atoms with van der Waals surface area (Å²) in [6.07, 6.45) is 4.39. The first-order valence-corrected chi connectivity index (χ1v) is 9.50. The number of hydrogen-bond acceptors (Lipinski definition) is 4. The van der Waals surface area contributed by atoms with Crippen LogP contribution in [0.1, 0.15) is 51.1 Å². The van der Waals surface area contributed by atoms with Gasteiger partial charge in [-0.2, -0.15) is 0 Å². The molecule has 1 aliphatic carbocycles. The Bertz CT molecular complexity index is 602. The third kappa shape index (κ3) is 3.98. The van der Waals surface area contributed by atoms with E-state index in [4.69, 9.17) is 10.5 Å². The fraction of sp³-hybridized carbons (Fsp3) is 0.650. The number of hydrogen-bond donors (Lipinski definition) is 2. The highest BCUT2D eigenvalue weighted by atomic mass is 16.5. The Balaban J connectivity index is 1.78. The fourth-order valence-corrected chi connectivity index (χ4v) is 3.82. The molecule has 5 heteroatoms. The van der Waals surface area contributed by atoms with Crippen molar-refractivity contribution < 1.29 is 9.53 Å². The van der Waals surface area contributed by atoms with Crippen molar-refractivity contribution in [3.05, 3.63) is 29.8 Å². The molecule has 1 heterocycles. The molecule has 3 rings (SSSR count). The zero-order valence-corrected chi connectivity index (χ0v) is 15.6. The number of carbonyl (C=O) groups is 1. The lowest BCUT2D eigenvalue weighted by Gasteiger charge is -2.30. The number of carbonyl (C=O) groups excluding carboxylic acids is 1. The molecule has 1 saturated carbocycles. The molecule has 5 nitrogen and oxygen atoms in total. The van der Waals surface area contributed by atoms with Crippen LogP contribution in [0.5, 0.6) is 5.75 Å². The lowest BCUT2D eigenvalue weighted by molar-refractivity contribution is -0.124. The van der Waals surface area contributed by atoms with Crippen molar-refractivity contribution in [3.8, 4) is 5.75 Å². The molecule has 3 N–H and O–H groups in total. The van der Waals surface area contributed by atoms with Crippen molar-refractivity contribution in [1.82, 2.24) is 10.2 Å². The Labute approximate surface area is 150 Å². The molecule has 1 aromatic rings. The van der Waals surface area contributed by atoms with Gasteiger partial charge in [-0.15, -0.1) is 0 Å². The average molecular weight is 345 g/mol. The number of amides is 1. The van der Waals surface area contributed by atoms with Crippen molar-refractivity contribution in [2.45, 2.75) is 63.7 Å². The minimum Gasteiger partial charge on any atom is -0.497 e. The summed E-state index contributed by atoms with van der Waals surface area (Å²) in [5.74, 6) is 1.03. The largest absolute Gasteiger partial charge is 0.497 e. The van der Waals surface area contributed by atoms with Gasteiger partial charge in [0, 0.05) is 18.6 Å². The minimum absolute atomic E-state index is 0.0232. The highest BCUT2D eigenvalue weighted by Crippen LogP contribution is 2.41. The van der Waals surface area contributed by atoms with Crippen LogP contribution < -0.4 is 15.8 Å². The van der Waals surface area contributed by atoms with E-state index in [1.54, 1.807) is 7.11 Å². The van der Waals surface area contributed by atoms with Crippen LogP contribution in [-0.4, -0.2) is 42.6 Å². The van der Waals surface area contributed by atoms with E-state index in [2.05, 4.69) is 29.3 Å². The van der Waals surface area contributed by atoms with Gasteiger partial charge < -0.3 is 15.8 Å². The van der Waals surface area contributed by atoms with Crippen LogP contribution >= 0.6 is 0 Å². The predicted molar refractivity (Wildman–Crippen MR) is 99.4 cm³/mol. The third-order valence-corrected chi connectivity index (χ3v) is 5.78. The summed E-state index contributed by atoms with van der Waals surface area (Å²) in [7, 11) is 1.69. The highest BCUT2D eigenvalue weighted by molar-refractivity contribution is 5.82. The second kappa shape index (κ2) is 7.75. The third-order valence-electron chi connectivity index (χ3n) is 5.78. The number of ether oxygens (including phenoxy) is 1. The number of nitrogens with two attached hydrogens (primary N) is 1. The molecule has 4 atom stereocenters. The zero-order chi connectivity index (χ0) is 18.0. The van der Waals surface area contributed by atoms with Crippen molar-refractivity contribution in [2.24, 2.45) is 11.7 Å². The zero-order valence-electron chi connectivity index (χ0n) is 15.6. The molecule has 2 aliphatic rings. The molecule has 1 saturated heterocycles. The van der Waals surface area contributed by atoms with Crippen LogP contribution in [0, 0.1) is 5.92 Å². The highest BCUT2D eigenvalue weighted by Gasteiger charge is 2.43. The minimum atomic E-state index is -0.439. The Hall–Kier alpha value is -1.59. The smallest absolute Gasteiger partial charge is 0.237 e. The second-order valence-corrected chi connectivity index (χ2v) is 7.51. The van der Waals surface area contributed by atoms with Gasteiger partial charge in [0.05, 0.1) is 19.2 Å². The van der Waals surface area contributed by atoms with Gasteiger partial charge in [0.1, 0.15) is 5.75 Å². The van der Waals surface area contributed by atoms with Gasteiger partial charge in [-0.25, -0.2) is 0 Å². The van der Waals surface area contributed by atoms with Gasteiger partial charge in [0.25, 0.3) is 0 Å². The Morgan fingerprint density at radius 2 is 2.16 bits per heavy atom. The van der Waals surface area contributed by atoms with E-state index in [0.717, 1.165) is 25.1 Å². The average Bonchev–Trinajstić information content (AvgIpc) is 3.41. The van der Waals surface area contributed by atoms with Gasteiger partial charge in [0.15, 0.2) is 0 Å². The van der Waals surface area contributed by atoms with Crippen molar-refractivity contribution in [1.29, 1.82) is 0 Å². The first-order chi connectivity index (χ1) is 12.0. The number of rotatable bonds is 7. The quantitative estimate of drug-likeness (QED) is 0.797. The molecule has 25 heavy (non-hydrogen) atoms. The van der Waals surface area contributed by atoms with Gasteiger partial charge in [-0.05, 0) is 42.9 Å². The van der Waals surface area contributed by atoms with Crippen LogP contribution in [-0.2, 0) is 4.79 Å². The standard InChI is InChI=1S/C20H31N3O2/c1-4-13(2)18(21)20(24)22-17-10-11-23(15-8-9-15)19(17)14-6-5-7-16(12-14)25-3/h5-7,12-13,15,17-19H,4,8-11,21H2,1-3H3,(H,22,24). The van der Waals surface area contributed by atoms with Crippen molar-refractivity contribution in [3.63, 3.8) is 0 Å². The number of methoxy groups -OCH3 is 1. The lowest BCUT2D eigenvalue weighted by Crippen LogP contribution is -2.49. The normalized spacial score (nSPS) is 26.2. The maximum absolute atomic E-state index is 12.6. The summed E-state index contributed by atoms with van der Waals surface area (Å²) >= 11 is 0. The van der Waals surface area contributed by atoms with E-state index in [-0.39, 0.29) is 23.9 Å². The van der Waals surface area contributed by atoms with Crippen LogP contribution in [0.3, 0.4) is 0 Å². The Kier molecular flexibility index (Phi) is 5.64. The molecule has 0 radical (unpaired) electrons. The van der Waals surface area contributed by atoms with Crippen LogP contribution in [0.25, 0.3) is 0 Å². The Morgan fingerprint density at radius 1 is 1.40 bits per heavy atom. The van der Waals surface area contributed by atoms with Crippen LogP contribution in [0.15, 0.2) is 24.3 Å². The van der Waals surface area contributed by atoms with Gasteiger partial charge in [0.2, 0.25) is 5.91 Å². The van der Waals surface area contributed by atoms with Gasteiger partial charge >= 0.3 is 0 Å². The number of benzene rings is 1. The van der Waals surface area contributed by atoms with E-state index in [0.29, 0.717) is 6.04 Å². The molecular formula is C20H31N3O2. The predicted octanol–water partition coefficient (Wildman–Crippen LogP) is 2.46. The van der Waals surface area contributed by atoms with E-state index in [1.165, 1.54) is 18.4 Å². The molecule has 4 unspecified atom stereocenters. The molecule has 0 bridgehead atoms. The van der Waals surface area contributed by atoms with Crippen molar-refractivity contribution >= 4 is 5.91 Å². The molecule has 2 fully saturated rings. The Morgan fingerprint density at radius 3 is 2.80 bits per heavy atom. The second-order valence-electron chi connectivity index (χ2n) is 7.51. The lowest BCUT2D eigenvalue weighted by atomic mass is 9.96. The molecule has 0 spiro atoms. The summed E-state index contributed by atoms with van der Waals surface area (Å²) in [4.78, 5) is 15.2. The first kappa shape index (κ1) is 18.2. The molecule has 0 aromatic heterocycles. The fourth-order valence-electron chi connectivity index (χ4n) is 3.82. The summed E-state index contributed by atoms with van der Waals surface area (Å²) < 4.78 is 5.40. The van der Waals surface area contributed by atoms with Crippen LogP contribution in [0.2, 0.25) is 0 Å². The maximum atomic E-state index is 12.6.